The van der Waals surface area contributed by atoms with Crippen molar-refractivity contribution in [3.8, 4) is 0 Å². The highest BCUT2D eigenvalue weighted by Gasteiger charge is 2.07. The summed E-state index contributed by atoms with van der Waals surface area (Å²) in [6, 6.07) is 3.58. The number of unbranched alkanes of at least 4 members (excludes halogenated alkanes) is 1. The lowest BCUT2D eigenvalue weighted by Gasteiger charge is -2.10. The van der Waals surface area contributed by atoms with E-state index in [1.807, 2.05) is 13.0 Å². The molecule has 0 bridgehead atoms. The van der Waals surface area contributed by atoms with Gasteiger partial charge in [-0.25, -0.2) is 0 Å². The molecule has 0 aromatic carbocycles. The molecular weight excluding hydrogens is 208 g/mol. The fourth-order valence-electron chi connectivity index (χ4n) is 1.45. The molecule has 4 heteroatoms. The van der Waals surface area contributed by atoms with E-state index in [1.54, 1.807) is 10.6 Å². The van der Waals surface area contributed by atoms with Crippen LogP contribution in [-0.2, 0) is 6.54 Å². The molecule has 1 heterocycles. The van der Waals surface area contributed by atoms with Gasteiger partial charge in [0.05, 0.1) is 5.56 Å². The van der Waals surface area contributed by atoms with Crippen molar-refractivity contribution < 1.29 is 0 Å². The standard InChI is InChI=1S/C11H16N2OS/c1-3-4-7-13-8(2)5-6-9(10(12)15)11(13)14/h5-6H,3-4,7H2,1-2H3,(H2,12,15). The fraction of sp³-hybridized carbons (Fsp3) is 0.455. The van der Waals surface area contributed by atoms with Crippen LogP contribution in [0.5, 0.6) is 0 Å². The first-order valence-corrected chi connectivity index (χ1v) is 5.49. The molecule has 0 unspecified atom stereocenters. The van der Waals surface area contributed by atoms with Crippen molar-refractivity contribution in [1.29, 1.82) is 0 Å². The first kappa shape index (κ1) is 11.9. The Morgan fingerprint density at radius 1 is 1.53 bits per heavy atom. The lowest BCUT2D eigenvalue weighted by molar-refractivity contribution is 0.598. The van der Waals surface area contributed by atoms with Crippen molar-refractivity contribution >= 4 is 17.2 Å². The molecule has 15 heavy (non-hydrogen) atoms. The van der Waals surface area contributed by atoms with Crippen LogP contribution in [0.25, 0.3) is 0 Å². The molecular formula is C11H16N2OS. The van der Waals surface area contributed by atoms with E-state index in [4.69, 9.17) is 18.0 Å². The number of aryl methyl sites for hydroxylation is 1. The second-order valence-electron chi connectivity index (χ2n) is 3.56. The third-order valence-corrected chi connectivity index (χ3v) is 2.61. The monoisotopic (exact) mass is 224 g/mol. The lowest BCUT2D eigenvalue weighted by Crippen LogP contribution is -2.30. The maximum Gasteiger partial charge on any atom is 0.260 e. The zero-order chi connectivity index (χ0) is 11.4. The lowest BCUT2D eigenvalue weighted by atomic mass is 10.2. The number of hydrogen-bond donors (Lipinski definition) is 1. The predicted octanol–water partition coefficient (Wildman–Crippen LogP) is 1.59. The van der Waals surface area contributed by atoms with Crippen LogP contribution in [0.1, 0.15) is 31.0 Å². The van der Waals surface area contributed by atoms with Crippen LogP contribution in [0.2, 0.25) is 0 Å². The van der Waals surface area contributed by atoms with Gasteiger partial charge >= 0.3 is 0 Å². The second-order valence-corrected chi connectivity index (χ2v) is 4.00. The smallest absolute Gasteiger partial charge is 0.260 e. The zero-order valence-corrected chi connectivity index (χ0v) is 9.93. The van der Waals surface area contributed by atoms with E-state index in [2.05, 4.69) is 6.92 Å². The van der Waals surface area contributed by atoms with E-state index in [0.29, 0.717) is 5.56 Å². The van der Waals surface area contributed by atoms with Crippen LogP contribution in [0.15, 0.2) is 16.9 Å². The Morgan fingerprint density at radius 3 is 2.73 bits per heavy atom. The van der Waals surface area contributed by atoms with Crippen molar-refractivity contribution in [3.63, 3.8) is 0 Å². The molecule has 0 fully saturated rings. The van der Waals surface area contributed by atoms with E-state index in [1.165, 1.54) is 0 Å². The Hall–Kier alpha value is -1.16. The van der Waals surface area contributed by atoms with Crippen molar-refractivity contribution in [2.24, 2.45) is 5.73 Å². The summed E-state index contributed by atoms with van der Waals surface area (Å²) in [4.78, 5) is 12.1. The van der Waals surface area contributed by atoms with E-state index in [-0.39, 0.29) is 10.5 Å². The van der Waals surface area contributed by atoms with Gasteiger partial charge in [-0.2, -0.15) is 0 Å². The van der Waals surface area contributed by atoms with Gasteiger partial charge in [-0.15, -0.1) is 0 Å². The molecule has 82 valence electrons. The Labute approximate surface area is 94.9 Å². The SMILES string of the molecule is CCCCn1c(C)ccc(C(N)=S)c1=O. The van der Waals surface area contributed by atoms with Crippen LogP contribution in [0, 0.1) is 6.92 Å². The molecule has 0 radical (unpaired) electrons. The number of aromatic nitrogens is 1. The topological polar surface area (TPSA) is 48.0 Å². The number of hydrogen-bond acceptors (Lipinski definition) is 2. The van der Waals surface area contributed by atoms with E-state index >= 15 is 0 Å². The van der Waals surface area contributed by atoms with Gasteiger partial charge in [0.2, 0.25) is 0 Å². The summed E-state index contributed by atoms with van der Waals surface area (Å²) >= 11 is 4.83. The molecule has 0 aliphatic rings. The average Bonchev–Trinajstić information content (AvgIpc) is 2.17. The number of nitrogens with two attached hydrogens (primary N) is 1. The van der Waals surface area contributed by atoms with E-state index < -0.39 is 0 Å². The highest BCUT2D eigenvalue weighted by Crippen LogP contribution is 2.01. The number of rotatable bonds is 4. The van der Waals surface area contributed by atoms with Crippen LogP contribution in [0.4, 0.5) is 0 Å². The molecule has 0 aliphatic carbocycles. The Morgan fingerprint density at radius 2 is 2.20 bits per heavy atom. The van der Waals surface area contributed by atoms with Crippen molar-refractivity contribution in [2.75, 3.05) is 0 Å². The van der Waals surface area contributed by atoms with Gasteiger partial charge in [0, 0.05) is 12.2 Å². The van der Waals surface area contributed by atoms with E-state index in [9.17, 15) is 4.79 Å². The molecule has 3 nitrogen and oxygen atoms in total. The first-order chi connectivity index (χ1) is 7.07. The minimum absolute atomic E-state index is 0.0732. The molecule has 0 aliphatic heterocycles. The molecule has 1 aromatic heterocycles. The molecule has 1 rings (SSSR count). The number of thiocarbonyl (C=S) groups is 1. The molecule has 0 atom stereocenters. The summed E-state index contributed by atoms with van der Waals surface area (Å²) in [5.41, 5.74) is 6.80. The van der Waals surface area contributed by atoms with Crippen LogP contribution < -0.4 is 11.3 Å². The largest absolute Gasteiger partial charge is 0.389 e. The van der Waals surface area contributed by atoms with Gasteiger partial charge in [0.25, 0.3) is 5.56 Å². The first-order valence-electron chi connectivity index (χ1n) is 5.08. The second kappa shape index (κ2) is 5.07. The predicted molar refractivity (Wildman–Crippen MR) is 66.2 cm³/mol. The van der Waals surface area contributed by atoms with E-state index in [0.717, 1.165) is 25.1 Å². The van der Waals surface area contributed by atoms with Crippen LogP contribution in [-0.4, -0.2) is 9.56 Å². The van der Waals surface area contributed by atoms with Crippen LogP contribution >= 0.6 is 12.2 Å². The average molecular weight is 224 g/mol. The Kier molecular flexibility index (Phi) is 4.03. The summed E-state index contributed by atoms with van der Waals surface area (Å²) in [5, 5.41) is 0. The highest BCUT2D eigenvalue weighted by atomic mass is 32.1. The fourth-order valence-corrected chi connectivity index (χ4v) is 1.61. The molecule has 0 saturated heterocycles. The molecule has 0 spiro atoms. The van der Waals surface area contributed by atoms with Gasteiger partial charge in [0.15, 0.2) is 0 Å². The molecule has 1 aromatic rings. The van der Waals surface area contributed by atoms with Crippen molar-refractivity contribution in [3.05, 3.63) is 33.7 Å². The summed E-state index contributed by atoms with van der Waals surface area (Å²) < 4.78 is 1.73. The minimum atomic E-state index is -0.0732. The number of nitrogens with zero attached hydrogens (tertiary/aromatic N) is 1. The normalized spacial score (nSPS) is 10.3. The maximum absolute atomic E-state index is 11.9. The summed E-state index contributed by atoms with van der Waals surface area (Å²) in [6.45, 7) is 4.75. The number of pyridine rings is 1. The highest BCUT2D eigenvalue weighted by molar-refractivity contribution is 7.80. The molecule has 0 amide bonds. The van der Waals surface area contributed by atoms with Gasteiger partial charge in [-0.05, 0) is 25.5 Å². The third-order valence-electron chi connectivity index (χ3n) is 2.39. The third kappa shape index (κ3) is 2.65. The Balaban J connectivity index is 3.18. The van der Waals surface area contributed by atoms with Crippen molar-refractivity contribution in [2.45, 2.75) is 33.2 Å². The molecule has 0 saturated carbocycles. The van der Waals surface area contributed by atoms with Crippen molar-refractivity contribution in [1.82, 2.24) is 4.57 Å². The van der Waals surface area contributed by atoms with Gasteiger partial charge in [0.1, 0.15) is 4.99 Å². The minimum Gasteiger partial charge on any atom is -0.389 e. The Bertz CT molecular complexity index is 423. The van der Waals surface area contributed by atoms with Gasteiger partial charge < -0.3 is 10.3 Å². The van der Waals surface area contributed by atoms with Gasteiger partial charge in [-0.3, -0.25) is 4.79 Å². The summed E-state index contributed by atoms with van der Waals surface area (Å²) in [6.07, 6.45) is 2.05. The summed E-state index contributed by atoms with van der Waals surface area (Å²) in [5.74, 6) is 0. The van der Waals surface area contributed by atoms with Gasteiger partial charge in [-0.1, -0.05) is 25.6 Å². The summed E-state index contributed by atoms with van der Waals surface area (Å²) in [7, 11) is 0. The van der Waals surface area contributed by atoms with Crippen LogP contribution in [0.3, 0.4) is 0 Å². The maximum atomic E-state index is 11.9. The molecule has 2 N–H and O–H groups in total. The quantitative estimate of drug-likeness (QED) is 0.790. The zero-order valence-electron chi connectivity index (χ0n) is 9.12.